The molecule has 2 N–H and O–H groups in total. The predicted molar refractivity (Wildman–Crippen MR) is 169 cm³/mol. The number of hydrogen-bond donors (Lipinski definition) is 2. The molecule has 0 aliphatic carbocycles. The standard InChI is InChI=1S/C36H48N2O4/c1-3-4-5-6-7-8-9-10-11-15-20-29(39)25-32-35(40)33(36(41)42-2)34(27-18-13-12-14-19-27)38(32)24-23-28-26-37-31-22-17-16-21-30(28)31/h12-14,16-19,21-22,25-26,33-35,37,40H,3-11,15,20,23-24H2,1-2H3/b32-25+/t33-,34-,35-/m0/s1. The summed E-state index contributed by atoms with van der Waals surface area (Å²) in [5.74, 6) is -1.30. The van der Waals surface area contributed by atoms with Gasteiger partial charge in [0.05, 0.1) is 13.2 Å². The number of esters is 1. The lowest BCUT2D eigenvalue weighted by atomic mass is 9.91. The molecule has 1 aliphatic heterocycles. The first-order valence-corrected chi connectivity index (χ1v) is 15.9. The van der Waals surface area contributed by atoms with Crippen molar-refractivity contribution in [2.75, 3.05) is 13.7 Å². The summed E-state index contributed by atoms with van der Waals surface area (Å²) in [4.78, 5) is 31.6. The maximum atomic E-state index is 13.2. The maximum absolute atomic E-state index is 13.2. The number of carbonyl (C=O) groups is 2. The van der Waals surface area contributed by atoms with Gasteiger partial charge in [-0.1, -0.05) is 113 Å². The Morgan fingerprint density at radius 3 is 2.24 bits per heavy atom. The van der Waals surface area contributed by atoms with Crippen LogP contribution in [-0.4, -0.2) is 46.5 Å². The van der Waals surface area contributed by atoms with Crippen LogP contribution < -0.4 is 0 Å². The number of H-pyrrole nitrogens is 1. The van der Waals surface area contributed by atoms with E-state index in [1.165, 1.54) is 52.1 Å². The van der Waals surface area contributed by atoms with Gasteiger partial charge < -0.3 is 19.7 Å². The van der Waals surface area contributed by atoms with Crippen LogP contribution in [0.2, 0.25) is 0 Å². The predicted octanol–water partition coefficient (Wildman–Crippen LogP) is 7.68. The number of ether oxygens (including phenoxy) is 1. The number of allylic oxidation sites excluding steroid dienone is 1. The van der Waals surface area contributed by atoms with Crippen molar-refractivity contribution in [1.29, 1.82) is 0 Å². The zero-order valence-corrected chi connectivity index (χ0v) is 25.4. The number of aliphatic hydroxyl groups excluding tert-OH is 1. The van der Waals surface area contributed by atoms with Gasteiger partial charge in [0.25, 0.3) is 0 Å². The van der Waals surface area contributed by atoms with Crippen LogP contribution in [0.4, 0.5) is 0 Å². The van der Waals surface area contributed by atoms with E-state index in [1.807, 2.05) is 48.7 Å². The van der Waals surface area contributed by atoms with Crippen LogP contribution in [0, 0.1) is 5.92 Å². The summed E-state index contributed by atoms with van der Waals surface area (Å²) in [6, 6.07) is 17.5. The number of aliphatic hydroxyl groups is 1. The van der Waals surface area contributed by atoms with Gasteiger partial charge in [0, 0.05) is 41.8 Å². The molecule has 2 aromatic carbocycles. The number of fused-ring (bicyclic) bond motifs is 1. The lowest BCUT2D eigenvalue weighted by molar-refractivity contribution is -0.149. The Labute approximate surface area is 251 Å². The van der Waals surface area contributed by atoms with Crippen molar-refractivity contribution in [2.24, 2.45) is 5.92 Å². The number of rotatable bonds is 17. The van der Waals surface area contributed by atoms with E-state index in [-0.39, 0.29) is 5.78 Å². The first-order valence-electron chi connectivity index (χ1n) is 15.9. The Bertz CT molecular complexity index is 1300. The highest BCUT2D eigenvalue weighted by Gasteiger charge is 2.49. The summed E-state index contributed by atoms with van der Waals surface area (Å²) >= 11 is 0. The normalized spacial score (nSPS) is 19.5. The van der Waals surface area contributed by atoms with Crippen LogP contribution >= 0.6 is 0 Å². The molecule has 3 atom stereocenters. The number of likely N-dealkylation sites (tertiary alicyclic amines) is 1. The molecule has 1 aliphatic rings. The molecule has 2 heterocycles. The number of benzene rings is 2. The molecule has 1 saturated heterocycles. The van der Waals surface area contributed by atoms with Gasteiger partial charge in [-0.2, -0.15) is 0 Å². The van der Waals surface area contributed by atoms with Crippen LogP contribution in [-0.2, 0) is 20.7 Å². The second-order valence-electron chi connectivity index (χ2n) is 11.6. The fourth-order valence-corrected chi connectivity index (χ4v) is 6.35. The summed E-state index contributed by atoms with van der Waals surface area (Å²) in [5, 5.41) is 12.7. The Kier molecular flexibility index (Phi) is 12.3. The number of nitrogens with zero attached hydrogens (tertiary/aromatic N) is 1. The first-order chi connectivity index (χ1) is 20.5. The van der Waals surface area contributed by atoms with E-state index in [1.54, 1.807) is 6.08 Å². The molecule has 1 aromatic heterocycles. The molecule has 1 fully saturated rings. The highest BCUT2D eigenvalue weighted by molar-refractivity contribution is 5.91. The van der Waals surface area contributed by atoms with E-state index in [0.717, 1.165) is 41.3 Å². The third-order valence-electron chi connectivity index (χ3n) is 8.65. The van der Waals surface area contributed by atoms with Gasteiger partial charge in [-0.25, -0.2) is 0 Å². The Morgan fingerprint density at radius 2 is 1.55 bits per heavy atom. The monoisotopic (exact) mass is 572 g/mol. The van der Waals surface area contributed by atoms with E-state index < -0.39 is 24.0 Å². The van der Waals surface area contributed by atoms with E-state index >= 15 is 0 Å². The van der Waals surface area contributed by atoms with Crippen molar-refractivity contribution in [3.8, 4) is 0 Å². The van der Waals surface area contributed by atoms with Gasteiger partial charge >= 0.3 is 5.97 Å². The summed E-state index contributed by atoms with van der Waals surface area (Å²) in [5.41, 5.74) is 3.65. The minimum Gasteiger partial charge on any atom is -0.469 e. The van der Waals surface area contributed by atoms with E-state index in [2.05, 4.69) is 28.9 Å². The number of unbranched alkanes of at least 4 members (excludes halogenated alkanes) is 9. The largest absolute Gasteiger partial charge is 0.469 e. The Hall–Kier alpha value is -3.38. The zero-order valence-electron chi connectivity index (χ0n) is 25.4. The van der Waals surface area contributed by atoms with Crippen LogP contribution in [0.1, 0.15) is 94.7 Å². The quantitative estimate of drug-likeness (QED) is 0.0985. The average Bonchev–Trinajstić information content (AvgIpc) is 3.55. The maximum Gasteiger partial charge on any atom is 0.314 e. The van der Waals surface area contributed by atoms with Crippen LogP contribution in [0.5, 0.6) is 0 Å². The van der Waals surface area contributed by atoms with Gasteiger partial charge in [0.1, 0.15) is 12.0 Å². The molecule has 6 heteroatoms. The lowest BCUT2D eigenvalue weighted by Crippen LogP contribution is -2.31. The smallest absolute Gasteiger partial charge is 0.314 e. The van der Waals surface area contributed by atoms with Gasteiger partial charge in [-0.05, 0) is 30.0 Å². The molecule has 6 nitrogen and oxygen atoms in total. The van der Waals surface area contributed by atoms with Crippen molar-refractivity contribution in [1.82, 2.24) is 9.88 Å². The van der Waals surface area contributed by atoms with Crippen molar-refractivity contribution >= 4 is 22.7 Å². The molecule has 0 unspecified atom stereocenters. The second kappa shape index (κ2) is 16.3. The van der Waals surface area contributed by atoms with Crippen molar-refractivity contribution in [2.45, 2.75) is 96.1 Å². The summed E-state index contributed by atoms with van der Waals surface area (Å²) in [6.07, 6.45) is 15.7. The minimum atomic E-state index is -1.12. The van der Waals surface area contributed by atoms with E-state index in [9.17, 15) is 14.7 Å². The van der Waals surface area contributed by atoms with Crippen molar-refractivity contribution in [3.05, 3.63) is 83.7 Å². The van der Waals surface area contributed by atoms with E-state index in [4.69, 9.17) is 4.74 Å². The van der Waals surface area contributed by atoms with Crippen molar-refractivity contribution in [3.63, 3.8) is 0 Å². The molecular weight excluding hydrogens is 524 g/mol. The number of methoxy groups -OCH3 is 1. The zero-order chi connectivity index (χ0) is 29.7. The Morgan fingerprint density at radius 1 is 0.905 bits per heavy atom. The van der Waals surface area contributed by atoms with E-state index in [0.29, 0.717) is 25.1 Å². The SMILES string of the molecule is CCCCCCCCCCCCC(=O)/C=C1\[C@H](O)[C@@H](C(=O)OC)[C@H](c2ccccc2)N1CCc1c[nH]c2ccccc12. The molecule has 0 amide bonds. The number of carbonyl (C=O) groups excluding carboxylic acids is 2. The number of aromatic amines is 1. The minimum absolute atomic E-state index is 0.00182. The van der Waals surface area contributed by atoms with Crippen LogP contribution in [0.3, 0.4) is 0 Å². The molecule has 0 bridgehead atoms. The van der Waals surface area contributed by atoms with Crippen LogP contribution in [0.15, 0.2) is 72.6 Å². The summed E-state index contributed by atoms with van der Waals surface area (Å²) in [6.45, 7) is 2.79. The van der Waals surface area contributed by atoms with Crippen LogP contribution in [0.25, 0.3) is 10.9 Å². The number of para-hydroxylation sites is 1. The number of hydrogen-bond acceptors (Lipinski definition) is 5. The number of aromatic nitrogens is 1. The van der Waals surface area contributed by atoms with Gasteiger partial charge in [-0.3, -0.25) is 9.59 Å². The molecule has 42 heavy (non-hydrogen) atoms. The molecule has 0 radical (unpaired) electrons. The Balaban J connectivity index is 1.46. The molecule has 0 saturated carbocycles. The molecule has 226 valence electrons. The van der Waals surface area contributed by atoms with Crippen molar-refractivity contribution < 1.29 is 19.4 Å². The number of nitrogens with one attached hydrogen (secondary N) is 1. The molecular formula is C36H48N2O4. The number of ketones is 1. The molecule has 4 rings (SSSR count). The highest BCUT2D eigenvalue weighted by atomic mass is 16.5. The third-order valence-corrected chi connectivity index (χ3v) is 8.65. The summed E-state index contributed by atoms with van der Waals surface area (Å²) < 4.78 is 5.16. The highest BCUT2D eigenvalue weighted by Crippen LogP contribution is 2.44. The van der Waals surface area contributed by atoms with Gasteiger partial charge in [0.2, 0.25) is 0 Å². The fraction of sp³-hybridized carbons (Fsp3) is 0.500. The average molecular weight is 573 g/mol. The second-order valence-corrected chi connectivity index (χ2v) is 11.6. The van der Waals surface area contributed by atoms with Gasteiger partial charge in [-0.15, -0.1) is 0 Å². The first kappa shape index (κ1) is 31.6. The fourth-order valence-electron chi connectivity index (χ4n) is 6.35. The van der Waals surface area contributed by atoms with Gasteiger partial charge in [0.15, 0.2) is 5.78 Å². The third kappa shape index (κ3) is 8.13. The molecule has 3 aromatic rings. The molecule has 0 spiro atoms. The summed E-state index contributed by atoms with van der Waals surface area (Å²) in [7, 11) is 1.35. The topological polar surface area (TPSA) is 82.6 Å². The lowest BCUT2D eigenvalue weighted by Gasteiger charge is -2.29.